The lowest BCUT2D eigenvalue weighted by molar-refractivity contribution is 0.0685. The Morgan fingerprint density at radius 2 is 2.28 bits per heavy atom. The molecule has 0 aliphatic rings. The van der Waals surface area contributed by atoms with Crippen LogP contribution in [0.4, 0.5) is 0 Å². The minimum absolute atomic E-state index is 0.202. The molecule has 18 heavy (non-hydrogen) atoms. The van der Waals surface area contributed by atoms with Crippen LogP contribution in [0.5, 0.6) is 5.75 Å². The summed E-state index contributed by atoms with van der Waals surface area (Å²) in [5.74, 6) is -0.419. The lowest BCUT2D eigenvalue weighted by Crippen LogP contribution is -1.96. The van der Waals surface area contributed by atoms with Crippen molar-refractivity contribution < 1.29 is 19.2 Å². The summed E-state index contributed by atoms with van der Waals surface area (Å²) >= 11 is 9.04. The van der Waals surface area contributed by atoms with Crippen LogP contribution in [0.2, 0.25) is 5.02 Å². The number of carboxylic acid groups (broad SMARTS) is 1. The molecule has 0 aliphatic heterocycles. The summed E-state index contributed by atoms with van der Waals surface area (Å²) in [5, 5.41) is 12.9. The van der Waals surface area contributed by atoms with Crippen LogP contribution in [0.1, 0.15) is 10.5 Å². The predicted octanol–water partition coefficient (Wildman–Crippen LogP) is 3.46. The van der Waals surface area contributed by atoms with Gasteiger partial charge in [0.2, 0.25) is 5.69 Å². The van der Waals surface area contributed by atoms with Crippen LogP contribution in [-0.2, 0) is 0 Å². The van der Waals surface area contributed by atoms with E-state index in [9.17, 15) is 4.79 Å². The van der Waals surface area contributed by atoms with Crippen molar-refractivity contribution in [3.05, 3.63) is 33.4 Å². The van der Waals surface area contributed by atoms with Crippen molar-refractivity contribution in [2.75, 3.05) is 7.11 Å². The van der Waals surface area contributed by atoms with E-state index in [-0.39, 0.29) is 15.9 Å². The van der Waals surface area contributed by atoms with Crippen molar-refractivity contribution in [2.24, 2.45) is 0 Å². The molecule has 5 nitrogen and oxygen atoms in total. The van der Waals surface area contributed by atoms with Crippen molar-refractivity contribution >= 4 is 33.5 Å². The van der Waals surface area contributed by atoms with Crippen LogP contribution in [0, 0.1) is 0 Å². The highest BCUT2D eigenvalue weighted by Crippen LogP contribution is 2.38. The number of carboxylic acids is 1. The molecule has 2 rings (SSSR count). The largest absolute Gasteiger partial charge is 0.496 e. The zero-order valence-corrected chi connectivity index (χ0v) is 11.4. The van der Waals surface area contributed by atoms with Gasteiger partial charge in [-0.1, -0.05) is 16.8 Å². The second-order valence-corrected chi connectivity index (χ2v) is 4.55. The average Bonchev–Trinajstić information content (AvgIpc) is 2.71. The van der Waals surface area contributed by atoms with Gasteiger partial charge in [-0.15, -0.1) is 0 Å². The summed E-state index contributed by atoms with van der Waals surface area (Å²) in [4.78, 5) is 10.9. The second kappa shape index (κ2) is 4.99. The van der Waals surface area contributed by atoms with Crippen molar-refractivity contribution in [3.63, 3.8) is 0 Å². The molecule has 94 valence electrons. The van der Waals surface area contributed by atoms with Crippen LogP contribution in [0.15, 0.2) is 27.2 Å². The van der Waals surface area contributed by atoms with Gasteiger partial charge in [-0.2, -0.15) is 0 Å². The minimum atomic E-state index is -1.18. The Kier molecular flexibility index (Phi) is 3.58. The lowest BCUT2D eigenvalue weighted by Gasteiger charge is -2.06. The predicted molar refractivity (Wildman–Crippen MR) is 68.2 cm³/mol. The van der Waals surface area contributed by atoms with Gasteiger partial charge in [-0.05, 0) is 34.1 Å². The van der Waals surface area contributed by atoms with E-state index in [1.165, 1.54) is 7.11 Å². The Morgan fingerprint density at radius 3 is 2.83 bits per heavy atom. The van der Waals surface area contributed by atoms with Gasteiger partial charge in [-0.3, -0.25) is 0 Å². The van der Waals surface area contributed by atoms with Crippen LogP contribution < -0.4 is 4.74 Å². The Labute approximate surface area is 115 Å². The van der Waals surface area contributed by atoms with E-state index in [2.05, 4.69) is 21.1 Å². The Bertz CT molecular complexity index is 611. The van der Waals surface area contributed by atoms with Crippen molar-refractivity contribution in [2.45, 2.75) is 0 Å². The van der Waals surface area contributed by atoms with Gasteiger partial charge < -0.3 is 14.4 Å². The number of carbonyl (C=O) groups is 1. The van der Waals surface area contributed by atoms with Gasteiger partial charge >= 0.3 is 5.97 Å². The average molecular weight is 333 g/mol. The molecule has 0 saturated carbocycles. The molecule has 0 aliphatic carbocycles. The fourth-order valence-corrected chi connectivity index (χ4v) is 2.14. The van der Waals surface area contributed by atoms with E-state index >= 15 is 0 Å². The third-order valence-electron chi connectivity index (χ3n) is 2.24. The number of nitrogens with zero attached hydrogens (tertiary/aromatic N) is 1. The molecule has 7 heteroatoms. The maximum absolute atomic E-state index is 10.9. The van der Waals surface area contributed by atoms with Crippen LogP contribution in [-0.4, -0.2) is 23.3 Å². The number of methoxy groups -OCH3 is 1. The van der Waals surface area contributed by atoms with E-state index in [1.807, 2.05) is 0 Å². The summed E-state index contributed by atoms with van der Waals surface area (Å²) < 4.78 is 10.4. The van der Waals surface area contributed by atoms with Crippen LogP contribution in [0.25, 0.3) is 11.3 Å². The number of ether oxygens (including phenoxy) is 1. The fourth-order valence-electron chi connectivity index (χ4n) is 1.44. The first-order chi connectivity index (χ1) is 8.54. The summed E-state index contributed by atoms with van der Waals surface area (Å²) in [6.45, 7) is 0. The van der Waals surface area contributed by atoms with Gasteiger partial charge in [0.25, 0.3) is 0 Å². The number of aromatic nitrogens is 1. The molecule has 1 aromatic heterocycles. The van der Waals surface area contributed by atoms with Crippen molar-refractivity contribution in [1.82, 2.24) is 5.16 Å². The monoisotopic (exact) mass is 331 g/mol. The molecule has 0 bridgehead atoms. The molecule has 0 spiro atoms. The third-order valence-corrected chi connectivity index (χ3v) is 3.21. The second-order valence-electron chi connectivity index (χ2n) is 3.32. The SMILES string of the molecule is COc1ccc(Cl)cc1-c1onc(C(=O)O)c1Br. The van der Waals surface area contributed by atoms with E-state index < -0.39 is 5.97 Å². The molecule has 1 aromatic carbocycles. The molecule has 0 radical (unpaired) electrons. The Morgan fingerprint density at radius 1 is 1.56 bits per heavy atom. The zero-order valence-electron chi connectivity index (χ0n) is 9.11. The van der Waals surface area contributed by atoms with E-state index in [0.29, 0.717) is 16.3 Å². The molecule has 0 unspecified atom stereocenters. The molecule has 1 N–H and O–H groups in total. The summed E-state index contributed by atoms with van der Waals surface area (Å²) in [7, 11) is 1.50. The topological polar surface area (TPSA) is 72.6 Å². The number of hydrogen-bond acceptors (Lipinski definition) is 4. The smallest absolute Gasteiger partial charge is 0.359 e. The summed E-state index contributed by atoms with van der Waals surface area (Å²) in [6.07, 6.45) is 0. The number of hydrogen-bond donors (Lipinski definition) is 1. The van der Waals surface area contributed by atoms with Crippen molar-refractivity contribution in [3.8, 4) is 17.1 Å². The molecule has 2 aromatic rings. The Balaban J connectivity index is 2.61. The van der Waals surface area contributed by atoms with Crippen LogP contribution >= 0.6 is 27.5 Å². The zero-order chi connectivity index (χ0) is 13.3. The fraction of sp³-hybridized carbons (Fsp3) is 0.0909. The summed E-state index contributed by atoms with van der Waals surface area (Å²) in [6, 6.07) is 4.93. The molecule has 1 heterocycles. The van der Waals surface area contributed by atoms with E-state index in [1.54, 1.807) is 18.2 Å². The first kappa shape index (κ1) is 12.9. The van der Waals surface area contributed by atoms with Crippen molar-refractivity contribution in [1.29, 1.82) is 0 Å². The highest BCUT2D eigenvalue weighted by molar-refractivity contribution is 9.10. The van der Waals surface area contributed by atoms with Gasteiger partial charge in [0, 0.05) is 5.02 Å². The quantitative estimate of drug-likeness (QED) is 0.932. The highest BCUT2D eigenvalue weighted by Gasteiger charge is 2.22. The minimum Gasteiger partial charge on any atom is -0.496 e. The maximum atomic E-state index is 10.9. The van der Waals surface area contributed by atoms with Crippen LogP contribution in [0.3, 0.4) is 0 Å². The number of rotatable bonds is 3. The summed E-state index contributed by atoms with van der Waals surface area (Å²) in [5.41, 5.74) is 0.323. The molecule has 0 fully saturated rings. The Hall–Kier alpha value is -1.53. The lowest BCUT2D eigenvalue weighted by atomic mass is 10.1. The number of halogens is 2. The molecular formula is C11H7BrClNO4. The normalized spacial score (nSPS) is 10.4. The van der Waals surface area contributed by atoms with E-state index in [0.717, 1.165) is 0 Å². The van der Waals surface area contributed by atoms with Gasteiger partial charge in [0.15, 0.2) is 5.76 Å². The van der Waals surface area contributed by atoms with Gasteiger partial charge in [0.05, 0.1) is 12.7 Å². The van der Waals surface area contributed by atoms with E-state index in [4.69, 9.17) is 26.0 Å². The van der Waals surface area contributed by atoms with Gasteiger partial charge in [-0.25, -0.2) is 4.79 Å². The molecule has 0 amide bonds. The third kappa shape index (κ3) is 2.21. The first-order valence-corrected chi connectivity index (χ1v) is 5.94. The first-order valence-electron chi connectivity index (χ1n) is 4.77. The highest BCUT2D eigenvalue weighted by atomic mass is 79.9. The number of aromatic carboxylic acids is 1. The number of benzene rings is 1. The van der Waals surface area contributed by atoms with Gasteiger partial charge in [0.1, 0.15) is 10.2 Å². The molecule has 0 saturated heterocycles. The maximum Gasteiger partial charge on any atom is 0.359 e. The standard InChI is InChI=1S/C11H7BrClNO4/c1-17-7-3-2-5(13)4-6(7)10-8(12)9(11(15)16)14-18-10/h2-4H,1H3,(H,15,16). The molecule has 0 atom stereocenters. The molecular weight excluding hydrogens is 325 g/mol.